The van der Waals surface area contributed by atoms with Gasteiger partial charge in [0.25, 0.3) is 0 Å². The minimum absolute atomic E-state index is 0.168. The van der Waals surface area contributed by atoms with Gasteiger partial charge >= 0.3 is 5.97 Å². The van der Waals surface area contributed by atoms with Crippen molar-refractivity contribution in [3.05, 3.63) is 18.0 Å². The van der Waals surface area contributed by atoms with Crippen LogP contribution in [0.1, 0.15) is 69.5 Å². The maximum Gasteiger partial charge on any atom is 0.306 e. The van der Waals surface area contributed by atoms with E-state index in [4.69, 9.17) is 5.10 Å². The molecule has 0 aliphatic heterocycles. The van der Waals surface area contributed by atoms with Gasteiger partial charge < -0.3 is 5.11 Å². The van der Waals surface area contributed by atoms with Crippen molar-refractivity contribution in [2.45, 2.75) is 70.3 Å². The molecule has 0 spiro atoms. The first-order chi connectivity index (χ1) is 10.2. The van der Waals surface area contributed by atoms with Gasteiger partial charge in [-0.15, -0.1) is 0 Å². The van der Waals surface area contributed by atoms with Crippen LogP contribution in [-0.4, -0.2) is 20.9 Å². The first kappa shape index (κ1) is 14.6. The lowest BCUT2D eigenvalue weighted by Gasteiger charge is -2.28. The van der Waals surface area contributed by atoms with E-state index < -0.39 is 5.97 Å². The van der Waals surface area contributed by atoms with Crippen LogP contribution in [0.2, 0.25) is 0 Å². The zero-order valence-electron chi connectivity index (χ0n) is 12.7. The van der Waals surface area contributed by atoms with E-state index in [1.54, 1.807) is 0 Å². The summed E-state index contributed by atoms with van der Waals surface area (Å²) in [5.41, 5.74) is 1.08. The summed E-state index contributed by atoms with van der Waals surface area (Å²) in [6, 6.07) is 2.66. The average Bonchev–Trinajstić information content (AvgIpc) is 2.97. The maximum absolute atomic E-state index is 11.4. The lowest BCUT2D eigenvalue weighted by molar-refractivity contribution is -0.144. The molecular weight excluding hydrogens is 264 g/mol. The Morgan fingerprint density at radius 2 is 1.86 bits per heavy atom. The highest BCUT2D eigenvalue weighted by molar-refractivity contribution is 5.70. The van der Waals surface area contributed by atoms with E-state index in [-0.39, 0.29) is 11.8 Å². The normalized spacial score (nSPS) is 27.6. The SMILES string of the molecule is O=C(O)C1CCCCC1Cc1ccn(C2CCCCC2)n1. The fourth-order valence-corrected chi connectivity index (χ4v) is 4.08. The van der Waals surface area contributed by atoms with Gasteiger partial charge in [0.1, 0.15) is 0 Å². The predicted molar refractivity (Wildman–Crippen MR) is 81.1 cm³/mol. The van der Waals surface area contributed by atoms with Gasteiger partial charge in [0, 0.05) is 6.20 Å². The van der Waals surface area contributed by atoms with Gasteiger partial charge in [-0.3, -0.25) is 9.48 Å². The summed E-state index contributed by atoms with van der Waals surface area (Å²) >= 11 is 0. The van der Waals surface area contributed by atoms with Crippen LogP contribution in [0.4, 0.5) is 0 Å². The van der Waals surface area contributed by atoms with Crippen molar-refractivity contribution in [3.63, 3.8) is 0 Å². The highest BCUT2D eigenvalue weighted by Gasteiger charge is 2.31. The van der Waals surface area contributed by atoms with Gasteiger partial charge in [-0.25, -0.2) is 0 Å². The summed E-state index contributed by atoms with van der Waals surface area (Å²) in [7, 11) is 0. The predicted octanol–water partition coefficient (Wildman–Crippen LogP) is 3.82. The van der Waals surface area contributed by atoms with Gasteiger partial charge in [-0.1, -0.05) is 32.1 Å². The first-order valence-electron chi connectivity index (χ1n) is 8.51. The van der Waals surface area contributed by atoms with Crippen LogP contribution in [0.3, 0.4) is 0 Å². The second-order valence-electron chi connectivity index (χ2n) is 6.77. The van der Waals surface area contributed by atoms with E-state index in [0.717, 1.165) is 37.8 Å². The van der Waals surface area contributed by atoms with Crippen LogP contribution in [-0.2, 0) is 11.2 Å². The quantitative estimate of drug-likeness (QED) is 0.917. The molecule has 1 aromatic heterocycles. The van der Waals surface area contributed by atoms with Crippen molar-refractivity contribution < 1.29 is 9.90 Å². The summed E-state index contributed by atoms with van der Waals surface area (Å²) in [6.07, 6.45) is 13.5. The highest BCUT2D eigenvalue weighted by atomic mass is 16.4. The van der Waals surface area contributed by atoms with Crippen molar-refractivity contribution >= 4 is 5.97 Å². The largest absolute Gasteiger partial charge is 0.481 e. The Labute approximate surface area is 126 Å². The second kappa shape index (κ2) is 6.63. The van der Waals surface area contributed by atoms with Crippen LogP contribution >= 0.6 is 0 Å². The molecule has 2 atom stereocenters. The minimum atomic E-state index is -0.619. The van der Waals surface area contributed by atoms with Gasteiger partial charge in [0.15, 0.2) is 0 Å². The number of rotatable bonds is 4. The van der Waals surface area contributed by atoms with Crippen LogP contribution in [0, 0.1) is 11.8 Å². The molecule has 1 heterocycles. The third-order valence-corrected chi connectivity index (χ3v) is 5.31. The molecule has 2 aliphatic rings. The summed E-state index contributed by atoms with van der Waals surface area (Å²) in [4.78, 5) is 11.4. The number of nitrogens with zero attached hydrogens (tertiary/aromatic N) is 2. The zero-order chi connectivity index (χ0) is 14.7. The number of carboxylic acid groups (broad SMARTS) is 1. The molecule has 2 unspecified atom stereocenters. The molecule has 2 aliphatic carbocycles. The molecule has 0 amide bonds. The molecule has 4 nitrogen and oxygen atoms in total. The monoisotopic (exact) mass is 290 g/mol. The van der Waals surface area contributed by atoms with E-state index in [9.17, 15) is 9.90 Å². The van der Waals surface area contributed by atoms with E-state index in [1.165, 1.54) is 32.1 Å². The molecule has 0 radical (unpaired) electrons. The van der Waals surface area contributed by atoms with Gasteiger partial charge in [-0.05, 0) is 44.1 Å². The molecule has 116 valence electrons. The molecule has 0 bridgehead atoms. The molecule has 1 aromatic rings. The number of aromatic nitrogens is 2. The van der Waals surface area contributed by atoms with Crippen LogP contribution in [0.25, 0.3) is 0 Å². The Hall–Kier alpha value is -1.32. The molecular formula is C17H26N2O2. The van der Waals surface area contributed by atoms with Crippen molar-refractivity contribution in [3.8, 4) is 0 Å². The first-order valence-corrected chi connectivity index (χ1v) is 8.51. The molecule has 0 saturated heterocycles. The lowest BCUT2D eigenvalue weighted by Crippen LogP contribution is -2.28. The Bertz CT molecular complexity index is 477. The Balaban J connectivity index is 1.64. The Kier molecular flexibility index (Phi) is 4.61. The number of aliphatic carboxylic acids is 1. The third kappa shape index (κ3) is 3.47. The van der Waals surface area contributed by atoms with Crippen LogP contribution in [0.5, 0.6) is 0 Å². The minimum Gasteiger partial charge on any atom is -0.481 e. The molecule has 2 saturated carbocycles. The summed E-state index contributed by atoms with van der Waals surface area (Å²) in [5, 5.41) is 14.1. The van der Waals surface area contributed by atoms with Crippen LogP contribution in [0.15, 0.2) is 12.3 Å². The van der Waals surface area contributed by atoms with Gasteiger partial charge in [0.05, 0.1) is 17.7 Å². The summed E-state index contributed by atoms with van der Waals surface area (Å²) in [6.45, 7) is 0. The topological polar surface area (TPSA) is 55.1 Å². The fraction of sp³-hybridized carbons (Fsp3) is 0.765. The average molecular weight is 290 g/mol. The third-order valence-electron chi connectivity index (χ3n) is 5.31. The number of hydrogen-bond acceptors (Lipinski definition) is 2. The molecule has 1 N–H and O–H groups in total. The van der Waals surface area contributed by atoms with E-state index in [2.05, 4.69) is 16.9 Å². The number of carbonyl (C=O) groups is 1. The van der Waals surface area contributed by atoms with E-state index >= 15 is 0 Å². The van der Waals surface area contributed by atoms with Crippen LogP contribution < -0.4 is 0 Å². The Morgan fingerprint density at radius 1 is 1.14 bits per heavy atom. The summed E-state index contributed by atoms with van der Waals surface area (Å²) in [5.74, 6) is -0.518. The molecule has 2 fully saturated rings. The smallest absolute Gasteiger partial charge is 0.306 e. The van der Waals surface area contributed by atoms with Crippen molar-refractivity contribution in [2.24, 2.45) is 11.8 Å². The van der Waals surface area contributed by atoms with Gasteiger partial charge in [-0.2, -0.15) is 5.10 Å². The molecule has 0 aromatic carbocycles. The summed E-state index contributed by atoms with van der Waals surface area (Å²) < 4.78 is 2.13. The zero-order valence-corrected chi connectivity index (χ0v) is 12.7. The maximum atomic E-state index is 11.4. The lowest BCUT2D eigenvalue weighted by atomic mass is 9.77. The highest BCUT2D eigenvalue weighted by Crippen LogP contribution is 2.33. The van der Waals surface area contributed by atoms with Crippen molar-refractivity contribution in [1.82, 2.24) is 9.78 Å². The standard InChI is InChI=1S/C17H26N2O2/c20-17(21)16-9-5-4-6-13(16)12-14-10-11-19(18-14)15-7-2-1-3-8-15/h10-11,13,15-16H,1-9,12H2,(H,20,21). The van der Waals surface area contributed by atoms with Crippen molar-refractivity contribution in [1.29, 1.82) is 0 Å². The molecule has 4 heteroatoms. The Morgan fingerprint density at radius 3 is 2.62 bits per heavy atom. The molecule has 21 heavy (non-hydrogen) atoms. The second-order valence-corrected chi connectivity index (χ2v) is 6.77. The van der Waals surface area contributed by atoms with E-state index in [1.807, 2.05) is 0 Å². The van der Waals surface area contributed by atoms with Gasteiger partial charge in [0.2, 0.25) is 0 Å². The molecule has 3 rings (SSSR count). The fourth-order valence-electron chi connectivity index (χ4n) is 4.08. The number of hydrogen-bond donors (Lipinski definition) is 1. The van der Waals surface area contributed by atoms with E-state index in [0.29, 0.717) is 6.04 Å². The van der Waals surface area contributed by atoms with Crippen molar-refractivity contribution in [2.75, 3.05) is 0 Å². The number of carboxylic acids is 1.